The molecular weight excluding hydrogens is 280 g/mol. The lowest BCUT2D eigenvalue weighted by molar-refractivity contribution is -0.137. The summed E-state index contributed by atoms with van der Waals surface area (Å²) >= 11 is 0. The molecule has 0 saturated heterocycles. The summed E-state index contributed by atoms with van der Waals surface area (Å²) in [5, 5.41) is 8.63. The Morgan fingerprint density at radius 2 is 1.41 bits per heavy atom. The van der Waals surface area contributed by atoms with Gasteiger partial charge in [0.1, 0.15) is 5.75 Å². The van der Waals surface area contributed by atoms with E-state index in [0.29, 0.717) is 25.0 Å². The predicted octanol–water partition coefficient (Wildman–Crippen LogP) is 3.24. The van der Waals surface area contributed by atoms with Crippen molar-refractivity contribution in [2.75, 3.05) is 0 Å². The summed E-state index contributed by atoms with van der Waals surface area (Å²) < 4.78 is 5.26. The van der Waals surface area contributed by atoms with Gasteiger partial charge in [0.05, 0.1) is 0 Å². The van der Waals surface area contributed by atoms with Gasteiger partial charge in [-0.25, -0.2) is 0 Å². The third kappa shape index (κ3) is 5.40. The van der Waals surface area contributed by atoms with Gasteiger partial charge in [0, 0.05) is 12.8 Å². The number of hydrogen-bond acceptors (Lipinski definition) is 3. The quantitative estimate of drug-likeness (QED) is 0.629. The predicted molar refractivity (Wildman–Crippen MR) is 82.8 cm³/mol. The number of carbonyl (C=O) groups is 2. The molecule has 0 bridgehead atoms. The van der Waals surface area contributed by atoms with E-state index < -0.39 is 5.97 Å². The maximum absolute atomic E-state index is 11.8. The van der Waals surface area contributed by atoms with Crippen LogP contribution in [0.3, 0.4) is 0 Å². The second kappa shape index (κ2) is 7.98. The zero-order valence-corrected chi connectivity index (χ0v) is 12.2. The average Bonchev–Trinajstić information content (AvgIpc) is 2.53. The summed E-state index contributed by atoms with van der Waals surface area (Å²) in [6, 6.07) is 16.7. The maximum atomic E-state index is 11.8. The van der Waals surface area contributed by atoms with Crippen LogP contribution < -0.4 is 4.74 Å². The Morgan fingerprint density at radius 3 is 2.05 bits per heavy atom. The first-order chi connectivity index (χ1) is 10.6. The molecule has 0 unspecified atom stereocenters. The van der Waals surface area contributed by atoms with Crippen LogP contribution in [-0.4, -0.2) is 17.0 Å². The first-order valence-electron chi connectivity index (χ1n) is 7.19. The number of hydrogen-bond donors (Lipinski definition) is 1. The molecule has 4 nitrogen and oxygen atoms in total. The van der Waals surface area contributed by atoms with Crippen molar-refractivity contribution in [2.45, 2.75) is 25.7 Å². The van der Waals surface area contributed by atoms with Crippen LogP contribution in [0.1, 0.15) is 24.0 Å². The van der Waals surface area contributed by atoms with Crippen molar-refractivity contribution in [3.63, 3.8) is 0 Å². The van der Waals surface area contributed by atoms with Crippen molar-refractivity contribution in [3.8, 4) is 5.75 Å². The van der Waals surface area contributed by atoms with E-state index in [0.717, 1.165) is 11.1 Å². The molecule has 4 heteroatoms. The van der Waals surface area contributed by atoms with Crippen molar-refractivity contribution < 1.29 is 19.4 Å². The lowest BCUT2D eigenvalue weighted by atomic mass is 10.1. The maximum Gasteiger partial charge on any atom is 0.311 e. The van der Waals surface area contributed by atoms with Crippen LogP contribution in [-0.2, 0) is 22.4 Å². The largest absolute Gasteiger partial charge is 0.481 e. The van der Waals surface area contributed by atoms with E-state index in [1.807, 2.05) is 30.3 Å². The first kappa shape index (κ1) is 15.8. The minimum atomic E-state index is -0.823. The molecule has 0 atom stereocenters. The summed E-state index contributed by atoms with van der Waals surface area (Å²) in [7, 11) is 0. The number of aryl methyl sites for hydroxylation is 2. The van der Waals surface area contributed by atoms with Gasteiger partial charge in [-0.15, -0.1) is 0 Å². The van der Waals surface area contributed by atoms with Crippen LogP contribution in [0.4, 0.5) is 0 Å². The van der Waals surface area contributed by atoms with E-state index in [-0.39, 0.29) is 12.4 Å². The van der Waals surface area contributed by atoms with Gasteiger partial charge in [-0.3, -0.25) is 9.59 Å². The smallest absolute Gasteiger partial charge is 0.311 e. The highest BCUT2D eigenvalue weighted by Crippen LogP contribution is 2.14. The zero-order valence-electron chi connectivity index (χ0n) is 12.2. The topological polar surface area (TPSA) is 63.6 Å². The molecule has 2 rings (SSSR count). The van der Waals surface area contributed by atoms with Crippen LogP contribution in [0.25, 0.3) is 0 Å². The third-order valence-corrected chi connectivity index (χ3v) is 3.24. The molecule has 2 aromatic carbocycles. The molecule has 114 valence electrons. The molecule has 22 heavy (non-hydrogen) atoms. The average molecular weight is 298 g/mol. The van der Waals surface area contributed by atoms with Crippen LogP contribution in [0.15, 0.2) is 54.6 Å². The van der Waals surface area contributed by atoms with Gasteiger partial charge < -0.3 is 9.84 Å². The van der Waals surface area contributed by atoms with Crippen LogP contribution in [0, 0.1) is 0 Å². The fraction of sp³-hybridized carbons (Fsp3) is 0.222. The Labute approximate surface area is 129 Å². The highest BCUT2D eigenvalue weighted by atomic mass is 16.5. The molecule has 0 spiro atoms. The van der Waals surface area contributed by atoms with Crippen LogP contribution in [0.2, 0.25) is 0 Å². The second-order valence-corrected chi connectivity index (χ2v) is 5.00. The fourth-order valence-corrected chi connectivity index (χ4v) is 2.05. The van der Waals surface area contributed by atoms with E-state index in [1.54, 1.807) is 24.3 Å². The number of aliphatic carboxylic acids is 1. The van der Waals surface area contributed by atoms with Gasteiger partial charge in [-0.2, -0.15) is 0 Å². The van der Waals surface area contributed by atoms with E-state index >= 15 is 0 Å². The number of rotatable bonds is 7. The standard InChI is InChI=1S/C18H18O4/c19-17(20)12-8-15-6-10-16(11-7-15)22-18(21)13-9-14-4-2-1-3-5-14/h1-7,10-11H,8-9,12-13H2,(H,19,20). The number of carboxylic acid groups (broad SMARTS) is 1. The minimum absolute atomic E-state index is 0.0935. The van der Waals surface area contributed by atoms with Gasteiger partial charge in [0.25, 0.3) is 0 Å². The Balaban J connectivity index is 1.80. The molecule has 0 radical (unpaired) electrons. The zero-order chi connectivity index (χ0) is 15.8. The number of carboxylic acids is 1. The Kier molecular flexibility index (Phi) is 5.72. The molecule has 0 aliphatic rings. The third-order valence-electron chi connectivity index (χ3n) is 3.24. The van der Waals surface area contributed by atoms with Gasteiger partial charge in [-0.1, -0.05) is 42.5 Å². The van der Waals surface area contributed by atoms with Gasteiger partial charge in [0.2, 0.25) is 0 Å². The lowest BCUT2D eigenvalue weighted by Crippen LogP contribution is -2.09. The van der Waals surface area contributed by atoms with E-state index in [1.165, 1.54) is 0 Å². The number of esters is 1. The first-order valence-corrected chi connectivity index (χ1v) is 7.19. The van der Waals surface area contributed by atoms with E-state index in [2.05, 4.69) is 0 Å². The molecule has 0 aliphatic heterocycles. The van der Waals surface area contributed by atoms with E-state index in [4.69, 9.17) is 9.84 Å². The van der Waals surface area contributed by atoms with Gasteiger partial charge in [0.15, 0.2) is 0 Å². The summed E-state index contributed by atoms with van der Waals surface area (Å²) in [5.74, 6) is -0.615. The minimum Gasteiger partial charge on any atom is -0.481 e. The molecule has 1 N–H and O–H groups in total. The SMILES string of the molecule is O=C(O)CCc1ccc(OC(=O)CCc2ccccc2)cc1. The van der Waals surface area contributed by atoms with Gasteiger partial charge >= 0.3 is 11.9 Å². The van der Waals surface area contributed by atoms with Crippen molar-refractivity contribution in [1.82, 2.24) is 0 Å². The second-order valence-electron chi connectivity index (χ2n) is 5.00. The van der Waals surface area contributed by atoms with Crippen molar-refractivity contribution >= 4 is 11.9 Å². The number of carbonyl (C=O) groups excluding carboxylic acids is 1. The molecule has 2 aromatic rings. The molecule has 0 amide bonds. The molecular formula is C18H18O4. The van der Waals surface area contributed by atoms with E-state index in [9.17, 15) is 9.59 Å². The molecule has 0 heterocycles. The highest BCUT2D eigenvalue weighted by Gasteiger charge is 2.06. The molecule has 0 aliphatic carbocycles. The Bertz CT molecular complexity index is 617. The molecule has 0 aromatic heterocycles. The summed E-state index contributed by atoms with van der Waals surface area (Å²) in [5.41, 5.74) is 2.01. The summed E-state index contributed by atoms with van der Waals surface area (Å²) in [6.45, 7) is 0. The van der Waals surface area contributed by atoms with Crippen molar-refractivity contribution in [2.24, 2.45) is 0 Å². The Hall–Kier alpha value is -2.62. The summed E-state index contributed by atoms with van der Waals surface area (Å²) in [4.78, 5) is 22.3. The lowest BCUT2D eigenvalue weighted by Gasteiger charge is -2.05. The fourth-order valence-electron chi connectivity index (χ4n) is 2.05. The van der Waals surface area contributed by atoms with Gasteiger partial charge in [-0.05, 0) is 36.1 Å². The molecule has 0 fully saturated rings. The van der Waals surface area contributed by atoms with Crippen LogP contribution >= 0.6 is 0 Å². The van der Waals surface area contributed by atoms with Crippen molar-refractivity contribution in [3.05, 3.63) is 65.7 Å². The highest BCUT2D eigenvalue weighted by molar-refractivity contribution is 5.72. The van der Waals surface area contributed by atoms with Crippen LogP contribution in [0.5, 0.6) is 5.75 Å². The monoisotopic (exact) mass is 298 g/mol. The summed E-state index contributed by atoms with van der Waals surface area (Å²) in [6.07, 6.45) is 1.54. The molecule has 0 saturated carbocycles. The number of ether oxygens (including phenoxy) is 1. The Morgan fingerprint density at radius 1 is 0.818 bits per heavy atom. The normalized spacial score (nSPS) is 10.2. The number of benzene rings is 2. The van der Waals surface area contributed by atoms with Crippen molar-refractivity contribution in [1.29, 1.82) is 0 Å².